The Bertz CT molecular complexity index is 1270. The lowest BCUT2D eigenvalue weighted by Crippen LogP contribution is -2.47. The van der Waals surface area contributed by atoms with Crippen molar-refractivity contribution in [3.05, 3.63) is 82.4 Å². The zero-order valence-electron chi connectivity index (χ0n) is 18.2. The fourth-order valence-corrected chi connectivity index (χ4v) is 4.45. The van der Waals surface area contributed by atoms with Crippen molar-refractivity contribution in [3.8, 4) is 18.2 Å². The second-order valence-electron chi connectivity index (χ2n) is 7.58. The predicted molar refractivity (Wildman–Crippen MR) is 114 cm³/mol. The summed E-state index contributed by atoms with van der Waals surface area (Å²) >= 11 is 0. The number of nitriles is 3. The van der Waals surface area contributed by atoms with Gasteiger partial charge in [-0.05, 0) is 35.4 Å². The van der Waals surface area contributed by atoms with Crippen molar-refractivity contribution in [2.24, 2.45) is 11.3 Å². The molecule has 0 bridgehead atoms. The molecule has 2 aromatic rings. The van der Waals surface area contributed by atoms with Gasteiger partial charge in [0.2, 0.25) is 0 Å². The van der Waals surface area contributed by atoms with Gasteiger partial charge in [-0.15, -0.1) is 0 Å². The van der Waals surface area contributed by atoms with E-state index in [9.17, 15) is 29.6 Å². The third-order valence-electron chi connectivity index (χ3n) is 5.97. The summed E-state index contributed by atoms with van der Waals surface area (Å²) in [6, 6.07) is 16.4. The number of benzene rings is 2. The smallest absolute Gasteiger partial charge is 0.337 e. The summed E-state index contributed by atoms with van der Waals surface area (Å²) in [6.07, 6.45) is 0. The molecule has 3 atom stereocenters. The lowest BCUT2D eigenvalue weighted by molar-refractivity contribution is -0.147. The fraction of sp³-hybridized carbons (Fsp3) is 0.240. The Labute approximate surface area is 194 Å². The van der Waals surface area contributed by atoms with E-state index in [1.807, 2.05) is 18.2 Å². The first-order valence-corrected chi connectivity index (χ1v) is 9.96. The standard InChI is InChI=1S/C25H18FN3O5/c1-33-23(31)18-20(15-5-3-14(11-27)4-6-15)25(12-28,13-29)21(16-7-9-17(26)10-8-16)19(22(18)30)24(32)34-2/h3-10,18,20-21,30H,1-2H3/t18-,20-,21+/m0/s1. The molecule has 3 rings (SSSR count). The molecule has 170 valence electrons. The zero-order valence-corrected chi connectivity index (χ0v) is 18.2. The van der Waals surface area contributed by atoms with Crippen LogP contribution >= 0.6 is 0 Å². The maximum absolute atomic E-state index is 13.7. The summed E-state index contributed by atoms with van der Waals surface area (Å²) in [5.74, 6) is -7.69. The summed E-state index contributed by atoms with van der Waals surface area (Å²) in [4.78, 5) is 25.7. The van der Waals surface area contributed by atoms with Crippen LogP contribution in [0, 0.1) is 51.1 Å². The summed E-state index contributed by atoms with van der Waals surface area (Å²) in [5.41, 5.74) is -1.87. The van der Waals surface area contributed by atoms with E-state index in [4.69, 9.17) is 14.7 Å². The van der Waals surface area contributed by atoms with Crippen molar-refractivity contribution in [1.29, 1.82) is 15.8 Å². The van der Waals surface area contributed by atoms with Crippen molar-refractivity contribution in [1.82, 2.24) is 0 Å². The van der Waals surface area contributed by atoms with E-state index in [-0.39, 0.29) is 11.1 Å². The number of hydrogen-bond acceptors (Lipinski definition) is 8. The molecule has 0 saturated carbocycles. The second-order valence-corrected chi connectivity index (χ2v) is 7.58. The number of ether oxygens (including phenoxy) is 2. The Morgan fingerprint density at radius 1 is 0.941 bits per heavy atom. The average Bonchev–Trinajstić information content (AvgIpc) is 2.87. The van der Waals surface area contributed by atoms with Crippen LogP contribution in [-0.2, 0) is 19.1 Å². The minimum atomic E-state index is -2.14. The number of esters is 2. The van der Waals surface area contributed by atoms with Crippen LogP contribution < -0.4 is 0 Å². The zero-order chi connectivity index (χ0) is 25.0. The minimum Gasteiger partial charge on any atom is -0.511 e. The van der Waals surface area contributed by atoms with Gasteiger partial charge >= 0.3 is 11.9 Å². The van der Waals surface area contributed by atoms with Crippen LogP contribution in [0.4, 0.5) is 4.39 Å². The van der Waals surface area contributed by atoms with Gasteiger partial charge in [0.05, 0.1) is 49.5 Å². The Morgan fingerprint density at radius 3 is 1.97 bits per heavy atom. The van der Waals surface area contributed by atoms with Crippen LogP contribution in [0.25, 0.3) is 0 Å². The molecule has 34 heavy (non-hydrogen) atoms. The monoisotopic (exact) mass is 459 g/mol. The summed E-state index contributed by atoms with van der Waals surface area (Å²) in [5, 5.41) is 41.1. The van der Waals surface area contributed by atoms with Crippen molar-refractivity contribution < 1.29 is 28.6 Å². The molecule has 0 fully saturated rings. The van der Waals surface area contributed by atoms with Crippen molar-refractivity contribution in [3.63, 3.8) is 0 Å². The van der Waals surface area contributed by atoms with Crippen molar-refractivity contribution >= 4 is 11.9 Å². The number of rotatable bonds is 4. The molecule has 0 heterocycles. The van der Waals surface area contributed by atoms with Gasteiger partial charge in [-0.2, -0.15) is 15.8 Å². The summed E-state index contributed by atoms with van der Waals surface area (Å²) < 4.78 is 23.3. The number of aliphatic hydroxyl groups is 1. The Morgan fingerprint density at radius 2 is 1.50 bits per heavy atom. The largest absolute Gasteiger partial charge is 0.511 e. The highest BCUT2D eigenvalue weighted by Crippen LogP contribution is 2.58. The fourth-order valence-electron chi connectivity index (χ4n) is 4.45. The molecular formula is C25H18FN3O5. The number of aliphatic hydroxyl groups excluding tert-OH is 1. The normalized spacial score (nSPS) is 20.9. The van der Waals surface area contributed by atoms with Gasteiger partial charge in [0, 0.05) is 5.92 Å². The molecular weight excluding hydrogens is 441 g/mol. The summed E-state index contributed by atoms with van der Waals surface area (Å²) in [6.45, 7) is 0. The third kappa shape index (κ3) is 3.72. The number of carbonyl (C=O) groups is 2. The number of carbonyl (C=O) groups excluding carboxylic acids is 2. The first kappa shape index (κ1) is 24.0. The van der Waals surface area contributed by atoms with E-state index in [0.29, 0.717) is 5.56 Å². The molecule has 0 radical (unpaired) electrons. The first-order chi connectivity index (χ1) is 16.3. The quantitative estimate of drug-likeness (QED) is 0.685. The Kier molecular flexibility index (Phi) is 6.66. The lowest BCUT2D eigenvalue weighted by atomic mass is 9.54. The van der Waals surface area contributed by atoms with Gasteiger partial charge in [0.15, 0.2) is 5.41 Å². The van der Waals surface area contributed by atoms with Crippen LogP contribution in [0.2, 0.25) is 0 Å². The lowest BCUT2D eigenvalue weighted by Gasteiger charge is -2.44. The van der Waals surface area contributed by atoms with Gasteiger partial charge in [0.25, 0.3) is 0 Å². The highest BCUT2D eigenvalue weighted by molar-refractivity contribution is 5.94. The number of methoxy groups -OCH3 is 2. The molecule has 1 aliphatic carbocycles. The molecule has 0 amide bonds. The number of halogens is 1. The van der Waals surface area contributed by atoms with Gasteiger partial charge in [-0.1, -0.05) is 24.3 Å². The van der Waals surface area contributed by atoms with Gasteiger partial charge in [0.1, 0.15) is 17.5 Å². The topological polar surface area (TPSA) is 144 Å². The predicted octanol–water partition coefficient (Wildman–Crippen LogP) is 3.39. The molecule has 0 spiro atoms. The van der Waals surface area contributed by atoms with Gasteiger partial charge in [-0.3, -0.25) is 4.79 Å². The maximum atomic E-state index is 13.7. The molecule has 0 aliphatic heterocycles. The number of hydrogen-bond donors (Lipinski definition) is 1. The van der Waals surface area contributed by atoms with E-state index < -0.39 is 52.3 Å². The number of nitrogens with zero attached hydrogens (tertiary/aromatic N) is 3. The molecule has 2 aromatic carbocycles. The van der Waals surface area contributed by atoms with Crippen LogP contribution in [0.3, 0.4) is 0 Å². The molecule has 0 unspecified atom stereocenters. The van der Waals surface area contributed by atoms with Crippen LogP contribution in [0.1, 0.15) is 28.5 Å². The second kappa shape index (κ2) is 9.44. The van der Waals surface area contributed by atoms with E-state index >= 15 is 0 Å². The van der Waals surface area contributed by atoms with E-state index in [1.54, 1.807) is 0 Å². The van der Waals surface area contributed by atoms with Crippen LogP contribution in [0.5, 0.6) is 0 Å². The van der Waals surface area contributed by atoms with Crippen molar-refractivity contribution in [2.75, 3.05) is 14.2 Å². The highest BCUT2D eigenvalue weighted by atomic mass is 19.1. The van der Waals surface area contributed by atoms with E-state index in [2.05, 4.69) is 0 Å². The Balaban J connectivity index is 2.46. The molecule has 1 N–H and O–H groups in total. The molecule has 1 aliphatic rings. The summed E-state index contributed by atoms with van der Waals surface area (Å²) in [7, 11) is 2.11. The highest BCUT2D eigenvalue weighted by Gasteiger charge is 2.61. The molecule has 9 heteroatoms. The maximum Gasteiger partial charge on any atom is 0.337 e. The third-order valence-corrected chi connectivity index (χ3v) is 5.97. The van der Waals surface area contributed by atoms with Gasteiger partial charge in [-0.25, -0.2) is 9.18 Å². The Hall–Kier alpha value is -4.68. The van der Waals surface area contributed by atoms with Crippen molar-refractivity contribution in [2.45, 2.75) is 11.8 Å². The van der Waals surface area contributed by atoms with E-state index in [1.165, 1.54) is 36.4 Å². The molecule has 0 saturated heterocycles. The minimum absolute atomic E-state index is 0.179. The molecule has 0 aromatic heterocycles. The van der Waals surface area contributed by atoms with E-state index in [0.717, 1.165) is 26.4 Å². The average molecular weight is 459 g/mol. The van der Waals surface area contributed by atoms with Crippen LogP contribution in [-0.4, -0.2) is 31.3 Å². The molecule has 8 nitrogen and oxygen atoms in total. The van der Waals surface area contributed by atoms with Gasteiger partial charge < -0.3 is 14.6 Å². The van der Waals surface area contributed by atoms with Crippen LogP contribution in [0.15, 0.2) is 59.9 Å². The SMILES string of the molecule is COC(=O)C1=C(O)[C@@H](C(=O)OC)[C@H](c2ccc(C#N)cc2)C(C#N)(C#N)[C@@H]1c1ccc(F)cc1. The first-order valence-electron chi connectivity index (χ1n) is 9.96.